The van der Waals surface area contributed by atoms with Gasteiger partial charge in [-0.15, -0.1) is 11.8 Å². The predicted molar refractivity (Wildman–Crippen MR) is 88.5 cm³/mol. The third-order valence-electron chi connectivity index (χ3n) is 3.19. The number of carbonyl (C=O) groups is 2. The highest BCUT2D eigenvalue weighted by molar-refractivity contribution is 8.00. The van der Waals surface area contributed by atoms with E-state index in [0.717, 1.165) is 11.3 Å². The van der Waals surface area contributed by atoms with Gasteiger partial charge in [0.2, 0.25) is 5.91 Å². The summed E-state index contributed by atoms with van der Waals surface area (Å²) in [5, 5.41) is 11.6. The zero-order valence-electron chi connectivity index (χ0n) is 12.4. The second kappa shape index (κ2) is 7.13. The van der Waals surface area contributed by atoms with E-state index in [-0.39, 0.29) is 11.5 Å². The molecule has 0 aliphatic carbocycles. The van der Waals surface area contributed by atoms with Gasteiger partial charge in [0.05, 0.1) is 10.8 Å². The van der Waals surface area contributed by atoms with Crippen LogP contribution in [-0.2, 0) is 4.79 Å². The summed E-state index contributed by atoms with van der Waals surface area (Å²) in [5.41, 5.74) is 1.97. The molecule has 0 aliphatic rings. The third kappa shape index (κ3) is 3.89. The van der Waals surface area contributed by atoms with Crippen LogP contribution in [0.2, 0.25) is 0 Å². The number of benzene rings is 2. The first kappa shape index (κ1) is 16.1. The van der Waals surface area contributed by atoms with E-state index >= 15 is 0 Å². The van der Waals surface area contributed by atoms with Crippen molar-refractivity contribution in [1.82, 2.24) is 0 Å². The molecule has 4 nitrogen and oxygen atoms in total. The molecule has 0 aromatic heterocycles. The van der Waals surface area contributed by atoms with Gasteiger partial charge < -0.3 is 10.4 Å². The van der Waals surface area contributed by atoms with Crippen molar-refractivity contribution in [2.24, 2.45) is 0 Å². The fourth-order valence-electron chi connectivity index (χ4n) is 1.94. The van der Waals surface area contributed by atoms with Gasteiger partial charge in [-0.05, 0) is 37.6 Å². The first-order chi connectivity index (χ1) is 10.5. The molecule has 2 aromatic rings. The molecule has 0 radical (unpaired) electrons. The molecule has 0 saturated carbocycles. The van der Waals surface area contributed by atoms with Crippen molar-refractivity contribution in [3.63, 3.8) is 0 Å². The number of rotatable bonds is 5. The van der Waals surface area contributed by atoms with Crippen LogP contribution in [0.1, 0.15) is 22.8 Å². The zero-order valence-corrected chi connectivity index (χ0v) is 13.2. The molecule has 0 bridgehead atoms. The maximum absolute atomic E-state index is 12.3. The Morgan fingerprint density at radius 2 is 1.73 bits per heavy atom. The Bertz CT molecular complexity index is 700. The Morgan fingerprint density at radius 3 is 2.41 bits per heavy atom. The number of amides is 1. The molecule has 1 atom stereocenters. The summed E-state index contributed by atoms with van der Waals surface area (Å²) >= 11 is 1.24. The summed E-state index contributed by atoms with van der Waals surface area (Å²) in [6.45, 7) is 3.68. The number of hydrogen-bond donors (Lipinski definition) is 2. The number of carboxylic acids is 1. The van der Waals surface area contributed by atoms with Gasteiger partial charge in [0, 0.05) is 10.6 Å². The van der Waals surface area contributed by atoms with Gasteiger partial charge in [-0.3, -0.25) is 4.79 Å². The molecule has 1 amide bonds. The summed E-state index contributed by atoms with van der Waals surface area (Å²) in [7, 11) is 0. The summed E-state index contributed by atoms with van der Waals surface area (Å²) in [5.74, 6) is -1.14. The van der Waals surface area contributed by atoms with Crippen LogP contribution in [0.5, 0.6) is 0 Å². The predicted octanol–water partition coefficient (Wildman–Crippen LogP) is 3.81. The van der Waals surface area contributed by atoms with Gasteiger partial charge in [0.1, 0.15) is 0 Å². The molecule has 114 valence electrons. The van der Waals surface area contributed by atoms with Gasteiger partial charge in [-0.1, -0.05) is 30.3 Å². The smallest absolute Gasteiger partial charge is 0.336 e. The van der Waals surface area contributed by atoms with Crippen LogP contribution in [0.4, 0.5) is 5.69 Å². The van der Waals surface area contributed by atoms with Crippen LogP contribution in [-0.4, -0.2) is 22.2 Å². The Balaban J connectivity index is 2.09. The maximum atomic E-state index is 12.3. The summed E-state index contributed by atoms with van der Waals surface area (Å²) in [4.78, 5) is 24.1. The molecule has 22 heavy (non-hydrogen) atoms. The molecular formula is C17H17NO3S. The topological polar surface area (TPSA) is 66.4 Å². The van der Waals surface area contributed by atoms with Crippen LogP contribution in [0, 0.1) is 6.92 Å². The number of hydrogen-bond acceptors (Lipinski definition) is 3. The maximum Gasteiger partial charge on any atom is 0.336 e. The Hall–Kier alpha value is -2.27. The van der Waals surface area contributed by atoms with Crippen molar-refractivity contribution in [3.8, 4) is 0 Å². The van der Waals surface area contributed by atoms with Gasteiger partial charge in [-0.2, -0.15) is 0 Å². The van der Waals surface area contributed by atoms with Crippen LogP contribution in [0.3, 0.4) is 0 Å². The van der Waals surface area contributed by atoms with Crippen LogP contribution in [0.25, 0.3) is 0 Å². The molecule has 0 saturated heterocycles. The molecule has 0 unspecified atom stereocenters. The van der Waals surface area contributed by atoms with E-state index < -0.39 is 11.2 Å². The number of carboxylic acid groups (broad SMARTS) is 1. The standard InChI is InChI=1S/C17H17NO3S/c1-11-7-3-5-9-14(11)18-16(19)12(2)22-15-10-6-4-8-13(15)17(20)21/h3-10,12H,1-2H3,(H,18,19)(H,20,21)/t12-/m0/s1. The fraction of sp³-hybridized carbons (Fsp3) is 0.176. The van der Waals surface area contributed by atoms with Gasteiger partial charge in [-0.25, -0.2) is 4.79 Å². The Morgan fingerprint density at radius 1 is 1.09 bits per heavy atom. The summed E-state index contributed by atoms with van der Waals surface area (Å²) < 4.78 is 0. The quantitative estimate of drug-likeness (QED) is 0.823. The van der Waals surface area contributed by atoms with Crippen molar-refractivity contribution in [1.29, 1.82) is 0 Å². The number of thioether (sulfide) groups is 1. The first-order valence-electron chi connectivity index (χ1n) is 6.84. The highest BCUT2D eigenvalue weighted by atomic mass is 32.2. The highest BCUT2D eigenvalue weighted by Crippen LogP contribution is 2.28. The van der Waals surface area contributed by atoms with E-state index in [9.17, 15) is 14.7 Å². The average Bonchev–Trinajstić information content (AvgIpc) is 2.49. The van der Waals surface area contributed by atoms with E-state index in [4.69, 9.17) is 0 Å². The molecule has 5 heteroatoms. The monoisotopic (exact) mass is 315 g/mol. The second-order valence-corrected chi connectivity index (χ2v) is 6.25. The number of nitrogens with one attached hydrogen (secondary N) is 1. The van der Waals surface area contributed by atoms with E-state index in [1.54, 1.807) is 25.1 Å². The molecule has 0 heterocycles. The fourth-order valence-corrected chi connectivity index (χ4v) is 2.92. The number of para-hydroxylation sites is 1. The number of aromatic carboxylic acids is 1. The minimum absolute atomic E-state index is 0.153. The van der Waals surface area contributed by atoms with Crippen molar-refractivity contribution < 1.29 is 14.7 Å². The molecule has 0 fully saturated rings. The molecule has 0 spiro atoms. The molecule has 0 aliphatic heterocycles. The van der Waals surface area contributed by atoms with Crippen molar-refractivity contribution in [3.05, 3.63) is 59.7 Å². The zero-order chi connectivity index (χ0) is 16.1. The Kier molecular flexibility index (Phi) is 5.22. The van der Waals surface area contributed by atoms with Crippen molar-refractivity contribution >= 4 is 29.3 Å². The summed E-state index contributed by atoms with van der Waals surface area (Å²) in [6, 6.07) is 14.2. The molecule has 2 aromatic carbocycles. The number of aryl methyl sites for hydroxylation is 1. The van der Waals surface area contributed by atoms with Gasteiger partial charge >= 0.3 is 5.97 Å². The number of anilines is 1. The highest BCUT2D eigenvalue weighted by Gasteiger charge is 2.18. The normalized spacial score (nSPS) is 11.7. The van der Waals surface area contributed by atoms with Crippen LogP contribution < -0.4 is 5.32 Å². The van der Waals surface area contributed by atoms with Crippen LogP contribution >= 0.6 is 11.8 Å². The molecule has 2 rings (SSSR count). The molecular weight excluding hydrogens is 298 g/mol. The lowest BCUT2D eigenvalue weighted by molar-refractivity contribution is -0.115. The minimum atomic E-state index is -0.991. The lowest BCUT2D eigenvalue weighted by Gasteiger charge is -2.14. The lowest BCUT2D eigenvalue weighted by atomic mass is 10.2. The lowest BCUT2D eigenvalue weighted by Crippen LogP contribution is -2.23. The van der Waals surface area contributed by atoms with Gasteiger partial charge in [0.25, 0.3) is 0 Å². The van der Waals surface area contributed by atoms with E-state index in [2.05, 4.69) is 5.32 Å². The third-order valence-corrected chi connectivity index (χ3v) is 4.37. The van der Waals surface area contributed by atoms with E-state index in [1.807, 2.05) is 31.2 Å². The minimum Gasteiger partial charge on any atom is -0.478 e. The largest absolute Gasteiger partial charge is 0.478 e. The average molecular weight is 315 g/mol. The SMILES string of the molecule is Cc1ccccc1NC(=O)[C@H](C)Sc1ccccc1C(=O)O. The number of carbonyl (C=O) groups excluding carboxylic acids is 1. The molecule has 2 N–H and O–H groups in total. The van der Waals surface area contributed by atoms with E-state index in [0.29, 0.717) is 4.90 Å². The van der Waals surface area contributed by atoms with Crippen molar-refractivity contribution in [2.45, 2.75) is 24.0 Å². The second-order valence-electron chi connectivity index (χ2n) is 4.87. The van der Waals surface area contributed by atoms with Crippen molar-refractivity contribution in [2.75, 3.05) is 5.32 Å². The van der Waals surface area contributed by atoms with Crippen LogP contribution in [0.15, 0.2) is 53.4 Å². The summed E-state index contributed by atoms with van der Waals surface area (Å²) in [6.07, 6.45) is 0. The Labute approximate surface area is 133 Å². The first-order valence-corrected chi connectivity index (χ1v) is 7.72. The van der Waals surface area contributed by atoms with Gasteiger partial charge in [0.15, 0.2) is 0 Å². The van der Waals surface area contributed by atoms with E-state index in [1.165, 1.54) is 17.8 Å².